The van der Waals surface area contributed by atoms with Crippen molar-refractivity contribution < 1.29 is 47.7 Å². The third-order valence-electron chi connectivity index (χ3n) is 18.0. The first-order valence-electron chi connectivity index (χ1n) is 29.0. The molecular weight excluding hydrogens is 1070 g/mol. The van der Waals surface area contributed by atoms with Crippen molar-refractivity contribution in [1.82, 2.24) is 63.5 Å². The second-order valence-electron chi connectivity index (χ2n) is 25.6. The Morgan fingerprint density at radius 1 is 0.687 bits per heavy atom. The number of benzene rings is 2. The van der Waals surface area contributed by atoms with Crippen molar-refractivity contribution in [1.29, 1.82) is 0 Å². The third kappa shape index (κ3) is 10.9. The lowest BCUT2D eigenvalue weighted by atomic mass is 9.76. The molecule has 8 aromatic rings. The van der Waals surface area contributed by atoms with Gasteiger partial charge in [0.05, 0.1) is 29.4 Å². The van der Waals surface area contributed by atoms with Crippen LogP contribution >= 0.6 is 0 Å². The highest BCUT2D eigenvalue weighted by Crippen LogP contribution is 2.41. The van der Waals surface area contributed by atoms with E-state index in [-0.39, 0.29) is 58.2 Å². The maximum absolute atomic E-state index is 14.2. The molecule has 0 amide bonds. The van der Waals surface area contributed by atoms with Crippen molar-refractivity contribution in [3.63, 3.8) is 0 Å². The summed E-state index contributed by atoms with van der Waals surface area (Å²) in [6.45, 7) is 14.7. The number of nitrogen functional groups attached to an aromatic ring is 2. The average Bonchev–Trinajstić information content (AvgIpc) is 3.35. The summed E-state index contributed by atoms with van der Waals surface area (Å²) in [5, 5.41) is 45.3. The number of aliphatic hydroxyl groups is 4. The van der Waals surface area contributed by atoms with E-state index in [9.17, 15) is 33.6 Å². The maximum atomic E-state index is 14.2. The van der Waals surface area contributed by atoms with Gasteiger partial charge in [0, 0.05) is 38.0 Å². The second-order valence-corrected chi connectivity index (χ2v) is 25.6. The number of hydrogen-bond donors (Lipinski definition) is 7. The molecule has 22 nitrogen and oxygen atoms in total. The van der Waals surface area contributed by atoms with Crippen LogP contribution in [0.3, 0.4) is 0 Å². The molecule has 8 unspecified atom stereocenters. The van der Waals surface area contributed by atoms with Gasteiger partial charge in [0.25, 0.3) is 12.1 Å². The van der Waals surface area contributed by atoms with Gasteiger partial charge in [0.2, 0.25) is 5.65 Å². The molecule has 444 valence electrons. The Morgan fingerprint density at radius 3 is 1.89 bits per heavy atom. The van der Waals surface area contributed by atoms with Crippen LogP contribution in [0.25, 0.3) is 44.4 Å². The van der Waals surface area contributed by atoms with Crippen molar-refractivity contribution in [3.8, 4) is 0 Å². The van der Waals surface area contributed by atoms with Gasteiger partial charge in [-0.2, -0.15) is 17.8 Å². The molecule has 25 heteroatoms. The van der Waals surface area contributed by atoms with E-state index in [0.717, 1.165) is 71.5 Å². The fourth-order valence-corrected chi connectivity index (χ4v) is 12.9. The molecular formula is C58H76F3N16O6+. The molecule has 2 aliphatic carbocycles. The number of fused-ring (bicyclic) bond motifs is 4. The Morgan fingerprint density at radius 2 is 1.27 bits per heavy atom. The van der Waals surface area contributed by atoms with Crippen LogP contribution < -0.4 is 16.1 Å². The van der Waals surface area contributed by atoms with Crippen molar-refractivity contribution in [3.05, 3.63) is 84.5 Å². The van der Waals surface area contributed by atoms with Gasteiger partial charge in [-0.3, -0.25) is 18.9 Å². The number of anilines is 2. The number of nitrogens with two attached hydrogens (primary N) is 2. The van der Waals surface area contributed by atoms with Gasteiger partial charge in [-0.05, 0) is 103 Å². The Kier molecular flexibility index (Phi) is 14.8. The molecule has 8 atom stereocenters. The number of imidazole rings is 4. The maximum Gasteiger partial charge on any atom is 0.401 e. The smallest absolute Gasteiger partial charge is 0.387 e. The van der Waals surface area contributed by atoms with Gasteiger partial charge < -0.3 is 46.4 Å². The zero-order valence-electron chi connectivity index (χ0n) is 47.9. The summed E-state index contributed by atoms with van der Waals surface area (Å²) in [6.07, 6.45) is -2.22. The standard InChI is InChI=1S/C58H75F3N16O6/c1-8-72(23-40-46(78)48(80)54(82-40)74-27-66-44-50(62)64-26-65-52(44)74)34-17-31(18-34)10-16-43-71-38-22-33(57(5,6)7)12-14-39(38)77(43)76-29-68-53-45(51(76)63)67-28-75(53)55-49(81)47(79)41(83-55)24-73(25-58(59,60)61)35-19-30(20-35)9-15-42-69-36-13-11-32(56(2,3)4)21-37(36)70-42/h11-14,21-22,26-31,34-35,40-41,46-49,54-55,63,78-81H,8-10,15-20,23-25H2,1-7H3,(H3,62,64,65,69,70)/p+1. The Labute approximate surface area is 477 Å². The van der Waals surface area contributed by atoms with E-state index in [1.807, 2.05) is 16.8 Å². The van der Waals surface area contributed by atoms with Crippen molar-refractivity contribution >= 4 is 56.0 Å². The highest BCUT2D eigenvalue weighted by atomic mass is 19.4. The number of H-pyrrole nitrogens is 1. The van der Waals surface area contributed by atoms with E-state index in [4.69, 9.17) is 35.9 Å². The summed E-state index contributed by atoms with van der Waals surface area (Å²) in [5.74, 6) is 2.60. The average molecular weight is 1150 g/mol. The SMILES string of the molecule is CCN(CC1OC(n2cnc3c(N)ncnc32)C(O)C1O)C1CC(CCc2nc3cc(C(C)(C)C)ccc3n2-[n+]2cnc3c(ncn3C3OC(CN(CC(F)(F)F)C4CC(CCc5nc6ccc(C(C)(C)C)cc6[nH]5)C4)C(O)C3O)c2N)C1. The molecule has 9 N–H and O–H groups in total. The summed E-state index contributed by atoms with van der Waals surface area (Å²) in [4.78, 5) is 39.1. The highest BCUT2D eigenvalue weighted by Gasteiger charge is 2.49. The minimum Gasteiger partial charge on any atom is -0.387 e. The molecule has 83 heavy (non-hydrogen) atoms. The van der Waals surface area contributed by atoms with E-state index in [1.54, 1.807) is 15.6 Å². The molecule has 2 aromatic carbocycles. The predicted octanol–water partition coefficient (Wildman–Crippen LogP) is 5.40. The number of halogens is 3. The van der Waals surface area contributed by atoms with Crippen LogP contribution in [0.2, 0.25) is 0 Å². The van der Waals surface area contributed by atoms with E-state index in [2.05, 4.69) is 103 Å². The van der Waals surface area contributed by atoms with Crippen LogP contribution in [0.1, 0.15) is 122 Å². The number of alkyl halides is 3. The number of aromatic nitrogens is 12. The number of aromatic amines is 1. The summed E-state index contributed by atoms with van der Waals surface area (Å²) in [6, 6.07) is 12.3. The summed E-state index contributed by atoms with van der Waals surface area (Å²) in [5.41, 5.74) is 19.9. The Bertz CT molecular complexity index is 3650. The summed E-state index contributed by atoms with van der Waals surface area (Å²) in [7, 11) is 0. The normalized spacial score (nSPS) is 27.1. The molecule has 2 saturated heterocycles. The predicted molar refractivity (Wildman–Crippen MR) is 302 cm³/mol. The lowest BCUT2D eigenvalue weighted by Gasteiger charge is -2.44. The van der Waals surface area contributed by atoms with Crippen LogP contribution in [0.5, 0.6) is 0 Å². The number of nitrogens with zero attached hydrogens (tertiary/aromatic N) is 13. The minimum absolute atomic E-state index is 0.00896. The monoisotopic (exact) mass is 1150 g/mol. The molecule has 2 saturated carbocycles. The molecule has 8 heterocycles. The highest BCUT2D eigenvalue weighted by molar-refractivity contribution is 5.82. The van der Waals surface area contributed by atoms with Crippen molar-refractivity contribution in [2.75, 3.05) is 37.6 Å². The van der Waals surface area contributed by atoms with Crippen molar-refractivity contribution in [2.45, 2.75) is 178 Å². The fourth-order valence-electron chi connectivity index (χ4n) is 12.9. The first-order valence-corrected chi connectivity index (χ1v) is 29.0. The molecule has 12 rings (SSSR count). The van der Waals surface area contributed by atoms with Gasteiger partial charge >= 0.3 is 6.18 Å². The first kappa shape index (κ1) is 57.0. The lowest BCUT2D eigenvalue weighted by molar-refractivity contribution is -0.713. The molecule has 6 aromatic heterocycles. The number of rotatable bonds is 17. The van der Waals surface area contributed by atoms with Crippen LogP contribution in [0, 0.1) is 11.8 Å². The minimum atomic E-state index is -4.50. The molecule has 0 radical (unpaired) electrons. The van der Waals surface area contributed by atoms with E-state index in [0.29, 0.717) is 49.3 Å². The van der Waals surface area contributed by atoms with Crippen LogP contribution in [0.15, 0.2) is 61.7 Å². The first-order chi connectivity index (χ1) is 39.4. The Hall–Kier alpha value is -6.45. The third-order valence-corrected chi connectivity index (χ3v) is 18.0. The lowest BCUT2D eigenvalue weighted by Crippen LogP contribution is -2.52. The van der Waals surface area contributed by atoms with Crippen LogP contribution in [-0.4, -0.2) is 165 Å². The van der Waals surface area contributed by atoms with E-state index >= 15 is 0 Å². The number of ether oxygens (including phenoxy) is 2. The number of likely N-dealkylation sites (N-methyl/N-ethyl adjacent to an activating group) is 1. The topological polar surface area (TPSA) is 283 Å². The van der Waals surface area contributed by atoms with Gasteiger partial charge in [0.1, 0.15) is 72.0 Å². The number of hydrogen-bond acceptors (Lipinski definition) is 17. The molecule has 0 bridgehead atoms. The van der Waals surface area contributed by atoms with E-state index in [1.165, 1.54) is 34.0 Å². The molecule has 2 aliphatic heterocycles. The van der Waals surface area contributed by atoms with Gasteiger partial charge in [-0.15, -0.1) is 4.68 Å². The summed E-state index contributed by atoms with van der Waals surface area (Å²) >= 11 is 0. The Balaban J connectivity index is 0.713. The fraction of sp³-hybridized carbons (Fsp3) is 0.586. The van der Waals surface area contributed by atoms with Crippen LogP contribution in [0.4, 0.5) is 24.8 Å². The molecule has 4 fully saturated rings. The largest absolute Gasteiger partial charge is 0.401 e. The van der Waals surface area contributed by atoms with Gasteiger partial charge in [0.15, 0.2) is 29.4 Å². The summed E-state index contributed by atoms with van der Waals surface area (Å²) < 4.78 is 61.9. The number of aryl methyl sites for hydroxylation is 2. The molecule has 4 aliphatic rings. The quantitative estimate of drug-likeness (QED) is 0.0562. The van der Waals surface area contributed by atoms with E-state index < -0.39 is 61.8 Å². The number of nitrogens with one attached hydrogen (secondary N) is 1. The van der Waals surface area contributed by atoms with Gasteiger partial charge in [-0.25, -0.2) is 29.9 Å². The molecule has 0 spiro atoms. The zero-order chi connectivity index (χ0) is 58.6. The second kappa shape index (κ2) is 21.6. The van der Waals surface area contributed by atoms with Crippen LogP contribution in [-0.2, 0) is 33.1 Å². The number of aliphatic hydroxyl groups excluding tert-OH is 4. The van der Waals surface area contributed by atoms with Crippen molar-refractivity contribution in [2.24, 2.45) is 11.8 Å². The van der Waals surface area contributed by atoms with Gasteiger partial charge in [-0.1, -0.05) is 65.6 Å². The zero-order valence-corrected chi connectivity index (χ0v) is 47.9.